The Kier molecular flexibility index (Phi) is 9.92. The summed E-state index contributed by atoms with van der Waals surface area (Å²) < 4.78 is 94.8. The number of alkyl halides is 5. The van der Waals surface area contributed by atoms with Gasteiger partial charge in [-0.1, -0.05) is 6.07 Å². The number of halogens is 5. The molecular weight excluding hydrogens is 529 g/mol. The van der Waals surface area contributed by atoms with Crippen LogP contribution in [0.2, 0.25) is 0 Å². The van der Waals surface area contributed by atoms with Crippen LogP contribution in [0.1, 0.15) is 5.56 Å². The van der Waals surface area contributed by atoms with Crippen molar-refractivity contribution < 1.29 is 49.7 Å². The third-order valence-corrected chi connectivity index (χ3v) is 6.58. The number of hydrogen-bond acceptors (Lipinski definition) is 7. The number of rotatable bonds is 7. The highest BCUT2D eigenvalue weighted by Gasteiger charge is 2.38. The van der Waals surface area contributed by atoms with Gasteiger partial charge in [0, 0.05) is 37.9 Å². The molecule has 0 saturated carbocycles. The van der Waals surface area contributed by atoms with Crippen molar-refractivity contribution in [1.82, 2.24) is 4.90 Å². The first-order valence-electron chi connectivity index (χ1n) is 10.6. The van der Waals surface area contributed by atoms with Crippen molar-refractivity contribution in [3.05, 3.63) is 42.0 Å². The first kappa shape index (κ1) is 29.9. The molecule has 1 fully saturated rings. The van der Waals surface area contributed by atoms with Crippen LogP contribution in [0.4, 0.5) is 33.3 Å². The Hall–Kier alpha value is -3.33. The van der Waals surface area contributed by atoms with E-state index in [0.29, 0.717) is 0 Å². The summed E-state index contributed by atoms with van der Waals surface area (Å²) in [7, 11) is -0.581. The number of aliphatic carboxylic acids is 1. The van der Waals surface area contributed by atoms with Gasteiger partial charge in [-0.3, -0.25) is 4.72 Å². The first-order chi connectivity index (χ1) is 17.1. The molecule has 0 spiro atoms. The maximum absolute atomic E-state index is 13.0. The molecule has 0 aromatic heterocycles. The van der Waals surface area contributed by atoms with E-state index in [1.165, 1.54) is 25.3 Å². The van der Waals surface area contributed by atoms with Crippen LogP contribution >= 0.6 is 0 Å². The monoisotopic (exact) mass is 555 g/mol. The summed E-state index contributed by atoms with van der Waals surface area (Å²) in [6.45, 7) is 2.30. The zero-order valence-corrected chi connectivity index (χ0v) is 20.9. The number of carboxylic acids is 1. The highest BCUT2D eigenvalue weighted by atomic mass is 32.2. The number of sulfonamides is 1. The number of anilines is 2. The fraction of sp³-hybridized carbons (Fsp3) is 0.409. The second-order valence-electron chi connectivity index (χ2n) is 7.89. The number of nitrogens with one attached hydrogen (secondary N) is 1. The molecule has 206 valence electrons. The van der Waals surface area contributed by atoms with Crippen LogP contribution in [-0.4, -0.2) is 77.5 Å². The highest BCUT2D eigenvalue weighted by Crippen LogP contribution is 2.33. The average Bonchev–Trinajstić information content (AvgIpc) is 2.79. The van der Waals surface area contributed by atoms with E-state index >= 15 is 0 Å². The zero-order chi connectivity index (χ0) is 28.0. The van der Waals surface area contributed by atoms with E-state index in [1.54, 1.807) is 12.1 Å². The summed E-state index contributed by atoms with van der Waals surface area (Å²) in [5, 5.41) is 7.12. The van der Waals surface area contributed by atoms with Crippen LogP contribution in [0.5, 0.6) is 11.5 Å². The average molecular weight is 556 g/mol. The minimum Gasteiger partial charge on any atom is -0.495 e. The molecule has 1 saturated heterocycles. The van der Waals surface area contributed by atoms with E-state index < -0.39 is 28.8 Å². The van der Waals surface area contributed by atoms with Crippen LogP contribution in [0.25, 0.3) is 0 Å². The highest BCUT2D eigenvalue weighted by molar-refractivity contribution is 7.92. The van der Waals surface area contributed by atoms with Gasteiger partial charge in [-0.2, -0.15) is 22.0 Å². The topological polar surface area (TPSA) is 108 Å². The van der Waals surface area contributed by atoms with Gasteiger partial charge in [-0.05, 0) is 43.8 Å². The standard InChI is InChI=1S/C20H25F2N3O4S.C2HF3O2/c1-14-4-6-16(13-18(14)25-10-8-24(2)9-11-25)30(26,27)23-17-12-15(29-20(21)22)5-7-19(17)28-3;3-2(4,5)1(6)7/h4-7,12-13,20,23H,8-11H2,1-3H3;(H,6,7). The molecule has 2 aromatic carbocycles. The van der Waals surface area contributed by atoms with Crippen LogP contribution in [0, 0.1) is 6.92 Å². The molecule has 1 aliphatic heterocycles. The third kappa shape index (κ3) is 8.63. The van der Waals surface area contributed by atoms with Crippen LogP contribution in [-0.2, 0) is 14.8 Å². The van der Waals surface area contributed by atoms with Gasteiger partial charge >= 0.3 is 18.8 Å². The number of benzene rings is 2. The van der Waals surface area contributed by atoms with Crippen molar-refractivity contribution in [2.45, 2.75) is 24.6 Å². The maximum atomic E-state index is 13.0. The van der Waals surface area contributed by atoms with Crippen molar-refractivity contribution in [3.8, 4) is 11.5 Å². The Bertz CT molecular complexity index is 1190. The lowest BCUT2D eigenvalue weighted by Gasteiger charge is -2.35. The third-order valence-electron chi connectivity index (χ3n) is 5.22. The second kappa shape index (κ2) is 12.3. The number of likely N-dealkylation sites (N-methyl/N-ethyl adjacent to an activating group) is 1. The van der Waals surface area contributed by atoms with Crippen molar-refractivity contribution in [1.29, 1.82) is 0 Å². The summed E-state index contributed by atoms with van der Waals surface area (Å²) in [6, 6.07) is 8.71. The van der Waals surface area contributed by atoms with E-state index in [0.717, 1.165) is 43.5 Å². The Morgan fingerprint density at radius 1 is 1.08 bits per heavy atom. The molecular formula is C22H26F5N3O6S. The predicted molar refractivity (Wildman–Crippen MR) is 125 cm³/mol. The summed E-state index contributed by atoms with van der Waals surface area (Å²) in [5.74, 6) is -2.75. The fourth-order valence-corrected chi connectivity index (χ4v) is 4.37. The molecule has 3 rings (SSSR count). The number of nitrogens with zero attached hydrogens (tertiary/aromatic N) is 2. The molecule has 15 heteroatoms. The molecule has 2 N–H and O–H groups in total. The minimum atomic E-state index is -5.08. The van der Waals surface area contributed by atoms with E-state index in [4.69, 9.17) is 14.6 Å². The van der Waals surface area contributed by atoms with E-state index in [-0.39, 0.29) is 22.1 Å². The molecule has 0 bridgehead atoms. The molecule has 0 radical (unpaired) electrons. The summed E-state index contributed by atoms with van der Waals surface area (Å²) in [4.78, 5) is 13.3. The Morgan fingerprint density at radius 2 is 1.68 bits per heavy atom. The van der Waals surface area contributed by atoms with Gasteiger partial charge < -0.3 is 24.4 Å². The molecule has 1 aliphatic rings. The molecule has 37 heavy (non-hydrogen) atoms. The summed E-state index contributed by atoms with van der Waals surface area (Å²) >= 11 is 0. The largest absolute Gasteiger partial charge is 0.495 e. The number of aryl methyl sites for hydroxylation is 1. The number of ether oxygens (including phenoxy) is 2. The lowest BCUT2D eigenvalue weighted by atomic mass is 10.1. The van der Waals surface area contributed by atoms with E-state index in [9.17, 15) is 30.4 Å². The SMILES string of the molecule is COc1ccc(OC(F)F)cc1NS(=O)(=O)c1ccc(C)c(N2CCN(C)CC2)c1.O=C(O)C(F)(F)F. The predicted octanol–water partition coefficient (Wildman–Crippen LogP) is 3.79. The van der Waals surface area contributed by atoms with Crippen LogP contribution in [0.3, 0.4) is 0 Å². The number of hydrogen-bond donors (Lipinski definition) is 2. The van der Waals surface area contributed by atoms with Crippen LogP contribution < -0.4 is 19.1 Å². The molecule has 0 amide bonds. The Labute approximate surface area is 210 Å². The minimum absolute atomic E-state index is 0.0115. The number of carbonyl (C=O) groups is 1. The van der Waals surface area contributed by atoms with Gasteiger partial charge in [-0.25, -0.2) is 13.2 Å². The van der Waals surface area contributed by atoms with Gasteiger partial charge in [0.05, 0.1) is 17.7 Å². The molecule has 0 unspecified atom stereocenters. The van der Waals surface area contributed by atoms with Crippen LogP contribution in [0.15, 0.2) is 41.3 Å². The van der Waals surface area contributed by atoms with Gasteiger partial charge in [0.2, 0.25) is 0 Å². The quantitative estimate of drug-likeness (QED) is 0.497. The van der Waals surface area contributed by atoms with Gasteiger partial charge in [0.15, 0.2) is 0 Å². The fourth-order valence-electron chi connectivity index (χ4n) is 3.29. The second-order valence-corrected chi connectivity index (χ2v) is 9.57. The smallest absolute Gasteiger partial charge is 0.490 e. The van der Waals surface area contributed by atoms with Gasteiger partial charge in [0.1, 0.15) is 11.5 Å². The van der Waals surface area contributed by atoms with Gasteiger partial charge in [-0.15, -0.1) is 0 Å². The maximum Gasteiger partial charge on any atom is 0.490 e. The Morgan fingerprint density at radius 3 is 2.19 bits per heavy atom. The molecule has 0 atom stereocenters. The zero-order valence-electron chi connectivity index (χ0n) is 20.1. The molecule has 0 aliphatic carbocycles. The Balaban J connectivity index is 0.000000604. The summed E-state index contributed by atoms with van der Waals surface area (Å²) in [5.41, 5.74) is 1.84. The lowest BCUT2D eigenvalue weighted by molar-refractivity contribution is -0.192. The summed E-state index contributed by atoms with van der Waals surface area (Å²) in [6.07, 6.45) is -5.08. The van der Waals surface area contributed by atoms with Gasteiger partial charge in [0.25, 0.3) is 10.0 Å². The van der Waals surface area contributed by atoms with E-state index in [1.807, 2.05) is 14.0 Å². The lowest BCUT2D eigenvalue weighted by Crippen LogP contribution is -2.44. The number of methoxy groups -OCH3 is 1. The molecule has 1 heterocycles. The van der Waals surface area contributed by atoms with E-state index in [2.05, 4.69) is 19.3 Å². The van der Waals surface area contributed by atoms with Crippen molar-refractivity contribution in [2.24, 2.45) is 0 Å². The normalized spacial score (nSPS) is 14.6. The van der Waals surface area contributed by atoms with Crippen molar-refractivity contribution >= 4 is 27.4 Å². The number of piperazine rings is 1. The van der Waals surface area contributed by atoms with Crippen molar-refractivity contribution in [2.75, 3.05) is 50.0 Å². The first-order valence-corrected chi connectivity index (χ1v) is 12.1. The van der Waals surface area contributed by atoms with Crippen molar-refractivity contribution in [3.63, 3.8) is 0 Å². The molecule has 2 aromatic rings. The molecule has 9 nitrogen and oxygen atoms in total. The number of carboxylic acid groups (broad SMARTS) is 1.